The second-order valence-electron chi connectivity index (χ2n) is 3.58. The lowest BCUT2D eigenvalue weighted by atomic mass is 10.4. The summed E-state index contributed by atoms with van der Waals surface area (Å²) >= 11 is 6.90. The monoisotopic (exact) mass is 331 g/mol. The molecule has 0 radical (unpaired) electrons. The molecule has 2 rings (SSSR count). The third kappa shape index (κ3) is 4.15. The summed E-state index contributed by atoms with van der Waals surface area (Å²) in [5, 5.41) is 6.62. The number of thiazole rings is 1. The zero-order chi connectivity index (χ0) is 12.1. The molecule has 0 aliphatic rings. The smallest absolute Gasteiger partial charge is 0.0941 e. The molecule has 0 fully saturated rings. The predicted molar refractivity (Wildman–Crippen MR) is 77.4 cm³/mol. The van der Waals surface area contributed by atoms with Crippen molar-refractivity contribution in [1.29, 1.82) is 0 Å². The second-order valence-corrected chi connectivity index (χ2v) is 7.07. The number of nitrogens with one attached hydrogen (secondary N) is 1. The Hall–Kier alpha value is -0.270. The lowest BCUT2D eigenvalue weighted by Crippen LogP contribution is -2.12. The summed E-state index contributed by atoms with van der Waals surface area (Å²) < 4.78 is 1.17. The molecule has 0 saturated heterocycles. The van der Waals surface area contributed by atoms with E-state index < -0.39 is 0 Å². The molecule has 0 atom stereocenters. The Bertz CT molecular complexity index is 467. The Morgan fingerprint density at radius 2 is 2.24 bits per heavy atom. The normalized spacial score (nSPS) is 10.9. The van der Waals surface area contributed by atoms with Crippen LogP contribution in [0.25, 0.3) is 0 Å². The summed E-state index contributed by atoms with van der Waals surface area (Å²) in [5.74, 6) is 0. The van der Waals surface area contributed by atoms with Gasteiger partial charge in [-0.1, -0.05) is 0 Å². The Balaban J connectivity index is 1.77. The number of rotatable bonds is 6. The molecule has 2 aromatic heterocycles. The van der Waals surface area contributed by atoms with Crippen molar-refractivity contribution in [2.24, 2.45) is 5.73 Å². The molecule has 0 unspecified atom stereocenters. The first kappa shape index (κ1) is 13.2. The van der Waals surface area contributed by atoms with Crippen LogP contribution in [0.5, 0.6) is 0 Å². The van der Waals surface area contributed by atoms with E-state index in [4.69, 9.17) is 5.73 Å². The van der Waals surface area contributed by atoms with Gasteiger partial charge in [0.25, 0.3) is 0 Å². The maximum atomic E-state index is 5.50. The van der Waals surface area contributed by atoms with Crippen LogP contribution in [-0.2, 0) is 19.5 Å². The van der Waals surface area contributed by atoms with E-state index in [-0.39, 0.29) is 0 Å². The van der Waals surface area contributed by atoms with Gasteiger partial charge in [0.15, 0.2) is 0 Å². The zero-order valence-corrected chi connectivity index (χ0v) is 12.5. The van der Waals surface area contributed by atoms with Gasteiger partial charge in [0.05, 0.1) is 14.5 Å². The zero-order valence-electron chi connectivity index (χ0n) is 9.28. The average Bonchev–Trinajstić information content (AvgIpc) is 2.89. The molecule has 0 spiro atoms. The Morgan fingerprint density at radius 3 is 2.94 bits per heavy atom. The van der Waals surface area contributed by atoms with Crippen molar-refractivity contribution < 1.29 is 0 Å². The average molecular weight is 332 g/mol. The predicted octanol–water partition coefficient (Wildman–Crippen LogP) is 2.76. The molecule has 0 aliphatic heterocycles. The van der Waals surface area contributed by atoms with E-state index in [9.17, 15) is 0 Å². The topological polar surface area (TPSA) is 50.9 Å². The summed E-state index contributed by atoms with van der Waals surface area (Å²) in [4.78, 5) is 5.83. The minimum absolute atomic E-state index is 0.670. The van der Waals surface area contributed by atoms with E-state index in [0.29, 0.717) is 6.54 Å². The van der Waals surface area contributed by atoms with Gasteiger partial charge in [-0.05, 0) is 34.6 Å². The second kappa shape index (κ2) is 6.61. The quantitative estimate of drug-likeness (QED) is 0.855. The van der Waals surface area contributed by atoms with Gasteiger partial charge in [0, 0.05) is 29.8 Å². The van der Waals surface area contributed by atoms with E-state index >= 15 is 0 Å². The molecule has 17 heavy (non-hydrogen) atoms. The van der Waals surface area contributed by atoms with Gasteiger partial charge in [-0.15, -0.1) is 22.7 Å². The van der Waals surface area contributed by atoms with E-state index in [1.807, 2.05) is 0 Å². The fraction of sp³-hybridized carbons (Fsp3) is 0.364. The number of nitrogens with zero attached hydrogens (tertiary/aromatic N) is 1. The molecular weight excluding hydrogens is 318 g/mol. The number of thiophene rings is 1. The molecule has 6 heteroatoms. The van der Waals surface area contributed by atoms with Gasteiger partial charge in [-0.3, -0.25) is 0 Å². The maximum absolute atomic E-state index is 5.50. The molecule has 0 bridgehead atoms. The molecule has 92 valence electrons. The van der Waals surface area contributed by atoms with Gasteiger partial charge in [0.2, 0.25) is 0 Å². The largest absolute Gasteiger partial charge is 0.330 e. The third-order valence-electron chi connectivity index (χ3n) is 2.19. The van der Waals surface area contributed by atoms with E-state index in [1.165, 1.54) is 8.66 Å². The lowest BCUT2D eigenvalue weighted by molar-refractivity contribution is 0.687. The fourth-order valence-corrected chi connectivity index (χ4v) is 3.70. The SMILES string of the molecule is NCCc1nc(CNCc2ccc(Br)s2)cs1. The van der Waals surface area contributed by atoms with Gasteiger partial charge < -0.3 is 11.1 Å². The first-order valence-electron chi connectivity index (χ1n) is 5.36. The van der Waals surface area contributed by atoms with Crippen molar-refractivity contribution in [3.63, 3.8) is 0 Å². The van der Waals surface area contributed by atoms with Crippen LogP contribution in [0.1, 0.15) is 15.6 Å². The van der Waals surface area contributed by atoms with E-state index in [1.54, 1.807) is 22.7 Å². The maximum Gasteiger partial charge on any atom is 0.0941 e. The van der Waals surface area contributed by atoms with Crippen molar-refractivity contribution in [3.05, 3.63) is 36.9 Å². The lowest BCUT2D eigenvalue weighted by Gasteiger charge is -1.99. The van der Waals surface area contributed by atoms with Crippen LogP contribution in [0, 0.1) is 0 Å². The Labute approximate surface area is 117 Å². The molecule has 0 aromatic carbocycles. The highest BCUT2D eigenvalue weighted by Gasteiger charge is 2.02. The first-order valence-corrected chi connectivity index (χ1v) is 7.85. The van der Waals surface area contributed by atoms with Crippen molar-refractivity contribution in [1.82, 2.24) is 10.3 Å². The molecule has 0 amide bonds. The van der Waals surface area contributed by atoms with Crippen LogP contribution in [0.15, 0.2) is 21.3 Å². The van der Waals surface area contributed by atoms with E-state index in [0.717, 1.165) is 30.2 Å². The van der Waals surface area contributed by atoms with Crippen molar-refractivity contribution >= 4 is 38.6 Å². The van der Waals surface area contributed by atoms with Crippen molar-refractivity contribution in [2.75, 3.05) is 6.54 Å². The molecule has 3 nitrogen and oxygen atoms in total. The molecular formula is C11H14BrN3S2. The summed E-state index contributed by atoms with van der Waals surface area (Å²) in [6.45, 7) is 2.38. The van der Waals surface area contributed by atoms with Gasteiger partial charge in [-0.2, -0.15) is 0 Å². The number of hydrogen-bond donors (Lipinski definition) is 2. The summed E-state index contributed by atoms with van der Waals surface area (Å²) in [6.07, 6.45) is 0.878. The van der Waals surface area contributed by atoms with Crippen LogP contribution in [0.4, 0.5) is 0 Å². The molecule has 0 saturated carbocycles. The van der Waals surface area contributed by atoms with Gasteiger partial charge in [0.1, 0.15) is 0 Å². The standard InChI is InChI=1S/C11H14BrN3S2/c12-10-2-1-9(17-10)6-14-5-8-7-16-11(15-8)3-4-13/h1-2,7,14H,3-6,13H2. The number of aromatic nitrogens is 1. The summed E-state index contributed by atoms with van der Waals surface area (Å²) in [5.41, 5.74) is 6.60. The van der Waals surface area contributed by atoms with Gasteiger partial charge in [-0.25, -0.2) is 4.98 Å². The van der Waals surface area contributed by atoms with Crippen LogP contribution in [0.3, 0.4) is 0 Å². The Kier molecular flexibility index (Phi) is 5.12. The van der Waals surface area contributed by atoms with Crippen molar-refractivity contribution in [3.8, 4) is 0 Å². The minimum Gasteiger partial charge on any atom is -0.330 e. The van der Waals surface area contributed by atoms with E-state index in [2.05, 4.69) is 43.7 Å². The molecule has 0 aliphatic carbocycles. The number of nitrogens with two attached hydrogens (primary N) is 1. The van der Waals surface area contributed by atoms with Crippen LogP contribution >= 0.6 is 38.6 Å². The highest BCUT2D eigenvalue weighted by atomic mass is 79.9. The molecule has 2 heterocycles. The van der Waals surface area contributed by atoms with Crippen LogP contribution in [0.2, 0.25) is 0 Å². The third-order valence-corrected chi connectivity index (χ3v) is 4.77. The summed E-state index contributed by atoms with van der Waals surface area (Å²) in [6, 6.07) is 4.20. The van der Waals surface area contributed by atoms with Crippen molar-refractivity contribution in [2.45, 2.75) is 19.5 Å². The summed E-state index contributed by atoms with van der Waals surface area (Å²) in [7, 11) is 0. The minimum atomic E-state index is 0.670. The fourth-order valence-electron chi connectivity index (χ4n) is 1.43. The first-order chi connectivity index (χ1) is 8.28. The highest BCUT2D eigenvalue weighted by molar-refractivity contribution is 9.11. The number of halogens is 1. The molecule has 3 N–H and O–H groups in total. The Morgan fingerprint density at radius 1 is 1.35 bits per heavy atom. The van der Waals surface area contributed by atoms with Crippen LogP contribution in [-0.4, -0.2) is 11.5 Å². The highest BCUT2D eigenvalue weighted by Crippen LogP contribution is 2.21. The van der Waals surface area contributed by atoms with Gasteiger partial charge >= 0.3 is 0 Å². The number of hydrogen-bond acceptors (Lipinski definition) is 5. The van der Waals surface area contributed by atoms with Crippen LogP contribution < -0.4 is 11.1 Å². The molecule has 2 aromatic rings.